The Labute approximate surface area is 64.8 Å². The average molecular weight is 181 g/mol. The van der Waals surface area contributed by atoms with E-state index in [9.17, 15) is 9.36 Å². The first-order chi connectivity index (χ1) is 4.65. The van der Waals surface area contributed by atoms with Gasteiger partial charge in [-0.05, 0) is 0 Å². The van der Waals surface area contributed by atoms with Crippen molar-refractivity contribution in [2.24, 2.45) is 11.1 Å². The maximum atomic E-state index is 10.6. The SMILES string of the molecule is CC(C)(CP(=O)(O)O)C(N)=O. The first kappa shape index (κ1) is 10.6. The van der Waals surface area contributed by atoms with Crippen molar-refractivity contribution in [1.82, 2.24) is 0 Å². The van der Waals surface area contributed by atoms with Crippen LogP contribution >= 0.6 is 7.60 Å². The minimum atomic E-state index is -4.14. The van der Waals surface area contributed by atoms with Gasteiger partial charge in [0.2, 0.25) is 5.91 Å². The van der Waals surface area contributed by atoms with Crippen LogP contribution < -0.4 is 5.73 Å². The van der Waals surface area contributed by atoms with Crippen molar-refractivity contribution in [3.63, 3.8) is 0 Å². The summed E-state index contributed by atoms with van der Waals surface area (Å²) in [5, 5.41) is 0. The monoisotopic (exact) mass is 181 g/mol. The fourth-order valence-electron chi connectivity index (χ4n) is 0.593. The minimum Gasteiger partial charge on any atom is -0.369 e. The van der Waals surface area contributed by atoms with Crippen LogP contribution in [0, 0.1) is 5.41 Å². The van der Waals surface area contributed by atoms with Crippen molar-refractivity contribution in [2.75, 3.05) is 6.16 Å². The van der Waals surface area contributed by atoms with E-state index in [4.69, 9.17) is 15.5 Å². The number of carbonyl (C=O) groups excluding carboxylic acids is 1. The highest BCUT2D eigenvalue weighted by molar-refractivity contribution is 7.51. The Bertz CT molecular complexity index is 207. The summed E-state index contributed by atoms with van der Waals surface area (Å²) >= 11 is 0. The van der Waals surface area contributed by atoms with E-state index in [0.717, 1.165) is 0 Å². The fraction of sp³-hybridized carbons (Fsp3) is 0.800. The summed E-state index contributed by atoms with van der Waals surface area (Å²) < 4.78 is 10.4. The maximum Gasteiger partial charge on any atom is 0.326 e. The van der Waals surface area contributed by atoms with Crippen molar-refractivity contribution >= 4 is 13.5 Å². The van der Waals surface area contributed by atoms with E-state index in [1.807, 2.05) is 0 Å². The number of carbonyl (C=O) groups is 1. The molecule has 0 fully saturated rings. The molecule has 0 bridgehead atoms. The van der Waals surface area contributed by atoms with Gasteiger partial charge in [-0.3, -0.25) is 9.36 Å². The molecular weight excluding hydrogens is 169 g/mol. The minimum absolute atomic E-state index is 0.505. The lowest BCUT2D eigenvalue weighted by atomic mass is 9.96. The molecule has 0 saturated carbocycles. The largest absolute Gasteiger partial charge is 0.369 e. The summed E-state index contributed by atoms with van der Waals surface area (Å²) in [6.07, 6.45) is -0.505. The molecule has 0 unspecified atom stereocenters. The van der Waals surface area contributed by atoms with Crippen molar-refractivity contribution in [1.29, 1.82) is 0 Å². The van der Waals surface area contributed by atoms with Crippen LogP contribution in [0.4, 0.5) is 0 Å². The highest BCUT2D eigenvalue weighted by atomic mass is 31.2. The highest BCUT2D eigenvalue weighted by Gasteiger charge is 2.33. The molecule has 0 heterocycles. The topological polar surface area (TPSA) is 101 Å². The molecule has 5 nitrogen and oxygen atoms in total. The van der Waals surface area contributed by atoms with Crippen LogP contribution in [0.1, 0.15) is 13.8 Å². The van der Waals surface area contributed by atoms with Gasteiger partial charge in [-0.2, -0.15) is 0 Å². The second kappa shape index (κ2) is 2.93. The molecule has 66 valence electrons. The Morgan fingerprint density at radius 2 is 1.91 bits per heavy atom. The zero-order valence-electron chi connectivity index (χ0n) is 6.44. The molecule has 0 aromatic carbocycles. The lowest BCUT2D eigenvalue weighted by Crippen LogP contribution is -2.34. The summed E-state index contributed by atoms with van der Waals surface area (Å²) in [4.78, 5) is 27.6. The molecule has 0 aliphatic carbocycles. The standard InChI is InChI=1S/C5H12NO4P/c1-5(2,4(6)7)3-11(8,9)10/h3H2,1-2H3,(H2,6,7)(H2,8,9,10). The predicted molar refractivity (Wildman–Crippen MR) is 39.9 cm³/mol. The van der Waals surface area contributed by atoms with E-state index in [-0.39, 0.29) is 0 Å². The number of hydrogen-bond acceptors (Lipinski definition) is 2. The molecule has 4 N–H and O–H groups in total. The molecule has 0 atom stereocenters. The van der Waals surface area contributed by atoms with Crippen LogP contribution in [-0.2, 0) is 9.36 Å². The molecule has 11 heavy (non-hydrogen) atoms. The van der Waals surface area contributed by atoms with Gasteiger partial charge < -0.3 is 15.5 Å². The van der Waals surface area contributed by atoms with Crippen molar-refractivity contribution in [2.45, 2.75) is 13.8 Å². The summed E-state index contributed by atoms with van der Waals surface area (Å²) in [6, 6.07) is 0. The molecule has 0 aliphatic heterocycles. The summed E-state index contributed by atoms with van der Waals surface area (Å²) in [5.41, 5.74) is 3.76. The lowest BCUT2D eigenvalue weighted by molar-refractivity contribution is -0.125. The third kappa shape index (κ3) is 4.14. The lowest BCUT2D eigenvalue weighted by Gasteiger charge is -2.20. The van der Waals surface area contributed by atoms with Gasteiger partial charge in [0.25, 0.3) is 0 Å². The second-order valence-corrected chi connectivity index (χ2v) is 4.72. The molecule has 0 spiro atoms. The van der Waals surface area contributed by atoms with Crippen LogP contribution in [0.25, 0.3) is 0 Å². The van der Waals surface area contributed by atoms with Gasteiger partial charge in [-0.1, -0.05) is 13.8 Å². The Hall–Kier alpha value is -0.380. The van der Waals surface area contributed by atoms with Crippen LogP contribution in [0.5, 0.6) is 0 Å². The molecule has 0 aliphatic rings. The maximum absolute atomic E-state index is 10.6. The average Bonchev–Trinajstić information content (AvgIpc) is 1.56. The van der Waals surface area contributed by atoms with E-state index in [1.165, 1.54) is 13.8 Å². The molecule has 0 aromatic heterocycles. The van der Waals surface area contributed by atoms with E-state index in [2.05, 4.69) is 0 Å². The van der Waals surface area contributed by atoms with Crippen LogP contribution in [0.15, 0.2) is 0 Å². The highest BCUT2D eigenvalue weighted by Crippen LogP contribution is 2.41. The van der Waals surface area contributed by atoms with Gasteiger partial charge in [0.05, 0.1) is 11.6 Å². The fourth-order valence-corrected chi connectivity index (χ4v) is 1.78. The zero-order chi connectivity index (χ0) is 9.28. The molecule has 6 heteroatoms. The van der Waals surface area contributed by atoms with Crippen molar-refractivity contribution in [3.05, 3.63) is 0 Å². The quantitative estimate of drug-likeness (QED) is 0.519. The van der Waals surface area contributed by atoms with Crippen LogP contribution in [0.2, 0.25) is 0 Å². The van der Waals surface area contributed by atoms with Gasteiger partial charge in [0, 0.05) is 0 Å². The summed E-state index contributed by atoms with van der Waals surface area (Å²) in [7, 11) is -4.14. The van der Waals surface area contributed by atoms with Crippen molar-refractivity contribution in [3.8, 4) is 0 Å². The third-order valence-corrected chi connectivity index (χ3v) is 2.47. The molecule has 1 amide bonds. The number of rotatable bonds is 3. The van der Waals surface area contributed by atoms with Gasteiger partial charge in [0.15, 0.2) is 0 Å². The smallest absolute Gasteiger partial charge is 0.326 e. The zero-order valence-corrected chi connectivity index (χ0v) is 7.34. The molecule has 0 saturated heterocycles. The molecule has 0 rings (SSSR count). The molecule has 0 radical (unpaired) electrons. The molecule has 0 aromatic rings. The van der Waals surface area contributed by atoms with Gasteiger partial charge in [-0.15, -0.1) is 0 Å². The Morgan fingerprint density at radius 3 is 2.00 bits per heavy atom. The summed E-state index contributed by atoms with van der Waals surface area (Å²) in [5.74, 6) is -0.708. The first-order valence-electron chi connectivity index (χ1n) is 3.00. The number of primary amides is 1. The van der Waals surface area contributed by atoms with E-state index in [1.54, 1.807) is 0 Å². The van der Waals surface area contributed by atoms with E-state index < -0.39 is 25.1 Å². The first-order valence-corrected chi connectivity index (χ1v) is 4.79. The Morgan fingerprint density at radius 1 is 1.55 bits per heavy atom. The number of nitrogens with two attached hydrogens (primary N) is 1. The van der Waals surface area contributed by atoms with Crippen LogP contribution in [-0.4, -0.2) is 21.9 Å². The second-order valence-electron chi connectivity index (χ2n) is 3.07. The Balaban J connectivity index is 4.37. The predicted octanol–water partition coefficient (Wildman–Crippen LogP) is -0.324. The van der Waals surface area contributed by atoms with Crippen LogP contribution in [0.3, 0.4) is 0 Å². The summed E-state index contributed by atoms with van der Waals surface area (Å²) in [6.45, 7) is 2.79. The van der Waals surface area contributed by atoms with Crippen molar-refractivity contribution < 1.29 is 19.1 Å². The van der Waals surface area contributed by atoms with Gasteiger partial charge in [-0.25, -0.2) is 0 Å². The van der Waals surface area contributed by atoms with E-state index >= 15 is 0 Å². The van der Waals surface area contributed by atoms with E-state index in [0.29, 0.717) is 0 Å². The third-order valence-electron chi connectivity index (χ3n) is 1.27. The number of hydrogen-bond donors (Lipinski definition) is 3. The van der Waals surface area contributed by atoms with Gasteiger partial charge >= 0.3 is 7.60 Å². The normalized spacial score (nSPS) is 13.1. The Kier molecular flexibility index (Phi) is 2.83. The van der Waals surface area contributed by atoms with Gasteiger partial charge in [0.1, 0.15) is 0 Å². The molecular formula is C5H12NO4P. The number of amides is 1.